The average molecular weight is 375 g/mol. The van der Waals surface area contributed by atoms with Crippen LogP contribution in [0.2, 0.25) is 0 Å². The topological polar surface area (TPSA) is 88.8 Å². The Labute approximate surface area is 163 Å². The Morgan fingerprint density at radius 3 is 2.82 bits per heavy atom. The normalized spacial score (nSPS) is 16.6. The van der Waals surface area contributed by atoms with Gasteiger partial charge in [-0.1, -0.05) is 6.07 Å². The summed E-state index contributed by atoms with van der Waals surface area (Å²) < 4.78 is 1.73. The van der Waals surface area contributed by atoms with E-state index in [0.717, 1.165) is 24.2 Å². The van der Waals surface area contributed by atoms with Gasteiger partial charge < -0.3 is 10.2 Å². The van der Waals surface area contributed by atoms with Crippen LogP contribution in [0, 0.1) is 0 Å². The SMILES string of the molecule is Cn1nccc1C=CC(=O)N1CCCC1c1nccnc1Nc1ccccn1. The molecule has 142 valence electrons. The van der Waals surface area contributed by atoms with E-state index in [4.69, 9.17) is 0 Å². The predicted octanol–water partition coefficient (Wildman–Crippen LogP) is 2.73. The molecule has 1 N–H and O–H groups in total. The molecule has 4 rings (SSSR count). The molecule has 3 aromatic rings. The number of likely N-dealkylation sites (tertiary alicyclic amines) is 1. The summed E-state index contributed by atoms with van der Waals surface area (Å²) in [5.41, 5.74) is 1.63. The molecule has 28 heavy (non-hydrogen) atoms. The quantitative estimate of drug-likeness (QED) is 0.690. The van der Waals surface area contributed by atoms with Gasteiger partial charge in [0.25, 0.3) is 0 Å². The van der Waals surface area contributed by atoms with E-state index < -0.39 is 0 Å². The minimum Gasteiger partial charge on any atom is -0.330 e. The monoisotopic (exact) mass is 375 g/mol. The molecule has 0 radical (unpaired) electrons. The molecule has 1 aliphatic heterocycles. The highest BCUT2D eigenvalue weighted by molar-refractivity contribution is 5.92. The van der Waals surface area contributed by atoms with Gasteiger partial charge in [-0.05, 0) is 37.1 Å². The number of hydrogen-bond donors (Lipinski definition) is 1. The molecular formula is C20H21N7O. The van der Waals surface area contributed by atoms with Crippen LogP contribution in [-0.4, -0.2) is 42.1 Å². The van der Waals surface area contributed by atoms with Crippen molar-refractivity contribution in [2.45, 2.75) is 18.9 Å². The number of carbonyl (C=O) groups excluding carboxylic acids is 1. The van der Waals surface area contributed by atoms with Crippen molar-refractivity contribution in [3.63, 3.8) is 0 Å². The molecule has 1 amide bonds. The summed E-state index contributed by atoms with van der Waals surface area (Å²) in [4.78, 5) is 27.9. The number of nitrogens with zero attached hydrogens (tertiary/aromatic N) is 6. The Balaban J connectivity index is 1.56. The van der Waals surface area contributed by atoms with Crippen LogP contribution in [0.5, 0.6) is 0 Å². The van der Waals surface area contributed by atoms with Gasteiger partial charge >= 0.3 is 0 Å². The van der Waals surface area contributed by atoms with Gasteiger partial charge in [0, 0.05) is 44.5 Å². The molecular weight excluding hydrogens is 354 g/mol. The van der Waals surface area contributed by atoms with Crippen LogP contribution in [-0.2, 0) is 11.8 Å². The maximum absolute atomic E-state index is 12.8. The molecule has 1 atom stereocenters. The van der Waals surface area contributed by atoms with E-state index in [1.165, 1.54) is 0 Å². The second-order valence-electron chi connectivity index (χ2n) is 6.53. The molecule has 0 spiro atoms. The summed E-state index contributed by atoms with van der Waals surface area (Å²) in [6.07, 6.45) is 11.9. The second kappa shape index (κ2) is 7.99. The minimum atomic E-state index is -0.122. The number of pyridine rings is 1. The van der Waals surface area contributed by atoms with E-state index in [1.54, 1.807) is 41.6 Å². The maximum Gasteiger partial charge on any atom is 0.247 e. The highest BCUT2D eigenvalue weighted by Crippen LogP contribution is 2.34. The number of hydrogen-bond acceptors (Lipinski definition) is 6. The van der Waals surface area contributed by atoms with Crippen molar-refractivity contribution in [2.75, 3.05) is 11.9 Å². The summed E-state index contributed by atoms with van der Waals surface area (Å²) in [5.74, 6) is 1.27. The molecule has 0 saturated carbocycles. The fourth-order valence-electron chi connectivity index (χ4n) is 3.36. The summed E-state index contributed by atoms with van der Waals surface area (Å²) in [6, 6.07) is 7.37. The molecule has 8 heteroatoms. The number of rotatable bonds is 5. The average Bonchev–Trinajstić information content (AvgIpc) is 3.36. The van der Waals surface area contributed by atoms with Gasteiger partial charge in [0.1, 0.15) is 11.5 Å². The zero-order chi connectivity index (χ0) is 19.3. The highest BCUT2D eigenvalue weighted by Gasteiger charge is 2.32. The van der Waals surface area contributed by atoms with E-state index in [-0.39, 0.29) is 11.9 Å². The lowest BCUT2D eigenvalue weighted by atomic mass is 10.1. The summed E-state index contributed by atoms with van der Waals surface area (Å²) in [7, 11) is 1.85. The molecule has 1 unspecified atom stereocenters. The fourth-order valence-corrected chi connectivity index (χ4v) is 3.36. The van der Waals surface area contributed by atoms with Gasteiger partial charge in [-0.3, -0.25) is 14.5 Å². The molecule has 1 aliphatic rings. The fraction of sp³-hybridized carbons (Fsp3) is 0.250. The molecule has 4 heterocycles. The van der Waals surface area contributed by atoms with Gasteiger partial charge in [-0.2, -0.15) is 5.10 Å². The van der Waals surface area contributed by atoms with Crippen molar-refractivity contribution in [1.29, 1.82) is 0 Å². The van der Waals surface area contributed by atoms with Crippen molar-refractivity contribution in [3.05, 3.63) is 66.5 Å². The third kappa shape index (κ3) is 3.75. The number of nitrogens with one attached hydrogen (secondary N) is 1. The highest BCUT2D eigenvalue weighted by atomic mass is 16.2. The largest absolute Gasteiger partial charge is 0.330 e. The second-order valence-corrected chi connectivity index (χ2v) is 6.53. The van der Waals surface area contributed by atoms with E-state index in [0.29, 0.717) is 18.2 Å². The van der Waals surface area contributed by atoms with Crippen LogP contribution >= 0.6 is 0 Å². The molecule has 1 fully saturated rings. The van der Waals surface area contributed by atoms with Crippen molar-refractivity contribution in [1.82, 2.24) is 29.6 Å². The van der Waals surface area contributed by atoms with Crippen molar-refractivity contribution >= 4 is 23.6 Å². The Morgan fingerprint density at radius 2 is 2.04 bits per heavy atom. The van der Waals surface area contributed by atoms with Crippen LogP contribution in [0.15, 0.2) is 55.1 Å². The molecule has 3 aromatic heterocycles. The first-order chi connectivity index (χ1) is 13.7. The molecule has 1 saturated heterocycles. The lowest BCUT2D eigenvalue weighted by Gasteiger charge is -2.24. The van der Waals surface area contributed by atoms with Gasteiger partial charge in [0.05, 0.1) is 11.7 Å². The first-order valence-electron chi connectivity index (χ1n) is 9.18. The molecule has 8 nitrogen and oxygen atoms in total. The predicted molar refractivity (Wildman–Crippen MR) is 105 cm³/mol. The Morgan fingerprint density at radius 1 is 1.14 bits per heavy atom. The maximum atomic E-state index is 12.8. The van der Waals surface area contributed by atoms with Gasteiger partial charge in [-0.25, -0.2) is 9.97 Å². The third-order valence-corrected chi connectivity index (χ3v) is 4.74. The Hall–Kier alpha value is -3.55. The van der Waals surface area contributed by atoms with E-state index in [2.05, 4.69) is 25.4 Å². The van der Waals surface area contributed by atoms with E-state index in [9.17, 15) is 4.79 Å². The Kier molecular flexibility index (Phi) is 5.09. The van der Waals surface area contributed by atoms with Crippen molar-refractivity contribution in [2.24, 2.45) is 7.05 Å². The molecule has 0 bridgehead atoms. The first kappa shape index (κ1) is 17.8. The number of aryl methyl sites for hydroxylation is 1. The van der Waals surface area contributed by atoms with Crippen LogP contribution in [0.3, 0.4) is 0 Å². The summed E-state index contributed by atoms with van der Waals surface area (Å²) >= 11 is 0. The van der Waals surface area contributed by atoms with Gasteiger partial charge in [-0.15, -0.1) is 0 Å². The van der Waals surface area contributed by atoms with Gasteiger partial charge in [0.15, 0.2) is 5.82 Å². The zero-order valence-corrected chi connectivity index (χ0v) is 15.6. The lowest BCUT2D eigenvalue weighted by Crippen LogP contribution is -2.30. The summed E-state index contributed by atoms with van der Waals surface area (Å²) in [6.45, 7) is 0.693. The van der Waals surface area contributed by atoms with Crippen LogP contribution in [0.4, 0.5) is 11.6 Å². The molecule has 0 aliphatic carbocycles. The third-order valence-electron chi connectivity index (χ3n) is 4.74. The smallest absolute Gasteiger partial charge is 0.247 e. The molecule has 0 aromatic carbocycles. The number of amides is 1. The number of anilines is 2. The Bertz CT molecular complexity index is 983. The minimum absolute atomic E-state index is 0.0434. The van der Waals surface area contributed by atoms with Gasteiger partial charge in [0.2, 0.25) is 5.91 Å². The van der Waals surface area contributed by atoms with E-state index >= 15 is 0 Å². The van der Waals surface area contributed by atoms with Crippen LogP contribution in [0.25, 0.3) is 6.08 Å². The van der Waals surface area contributed by atoms with Crippen LogP contribution < -0.4 is 5.32 Å². The standard InChI is InChI=1S/C20H21N7O/c1-26-15(9-11-24-26)7-8-18(28)27-14-4-5-16(27)19-20(23-13-12-22-19)25-17-6-2-3-10-21-17/h2-3,6-13,16H,4-5,14H2,1H3,(H,21,23,25). The van der Waals surface area contributed by atoms with Crippen molar-refractivity contribution in [3.8, 4) is 0 Å². The number of carbonyl (C=O) groups is 1. The zero-order valence-electron chi connectivity index (χ0n) is 15.6. The van der Waals surface area contributed by atoms with E-state index in [1.807, 2.05) is 36.2 Å². The summed E-state index contributed by atoms with van der Waals surface area (Å²) in [5, 5.41) is 7.33. The number of aromatic nitrogens is 5. The van der Waals surface area contributed by atoms with Crippen LogP contribution in [0.1, 0.15) is 30.3 Å². The van der Waals surface area contributed by atoms with Crippen molar-refractivity contribution < 1.29 is 4.79 Å². The first-order valence-corrected chi connectivity index (χ1v) is 9.18. The lowest BCUT2D eigenvalue weighted by molar-refractivity contribution is -0.126.